The maximum Gasteiger partial charge on any atom is 0.416 e. The maximum absolute atomic E-state index is 13.0. The highest BCUT2D eigenvalue weighted by molar-refractivity contribution is 9.11. The number of aromatic nitrogens is 1. The molecule has 0 aliphatic carbocycles. The van der Waals surface area contributed by atoms with Crippen molar-refractivity contribution in [2.75, 3.05) is 0 Å². The zero-order valence-electron chi connectivity index (χ0n) is 17.6. The highest BCUT2D eigenvalue weighted by atomic mass is 79.9. The summed E-state index contributed by atoms with van der Waals surface area (Å²) in [5.41, 5.74) is -0.340. The van der Waals surface area contributed by atoms with Gasteiger partial charge in [-0.15, -0.1) is 0 Å². The van der Waals surface area contributed by atoms with Crippen LogP contribution in [0.1, 0.15) is 38.5 Å². The molecule has 4 N–H and O–H groups in total. The molecular weight excluding hydrogens is 605 g/mol. The predicted octanol–water partition coefficient (Wildman–Crippen LogP) is 4.43. The van der Waals surface area contributed by atoms with E-state index in [4.69, 9.17) is 4.52 Å². The van der Waals surface area contributed by atoms with Gasteiger partial charge in [0.05, 0.1) is 21.1 Å². The second kappa shape index (κ2) is 10.8. The largest absolute Gasteiger partial charge is 0.506 e. The lowest BCUT2D eigenvalue weighted by Gasteiger charge is -2.16. The third-order valence-corrected chi connectivity index (χ3v) is 6.19. The Morgan fingerprint density at radius 1 is 1.09 bits per heavy atom. The molecule has 1 heterocycles. The molecule has 3 aromatic rings. The first-order chi connectivity index (χ1) is 16.4. The number of halogens is 5. The van der Waals surface area contributed by atoms with E-state index in [1.54, 1.807) is 0 Å². The van der Waals surface area contributed by atoms with Gasteiger partial charge in [0, 0.05) is 12.8 Å². The molecule has 1 atom stereocenters. The minimum Gasteiger partial charge on any atom is -0.506 e. The number of carboxylic acid groups (broad SMARTS) is 1. The molecule has 0 unspecified atom stereocenters. The van der Waals surface area contributed by atoms with E-state index in [9.17, 15) is 38.1 Å². The minimum absolute atomic E-state index is 0.0504. The normalized spacial score (nSPS) is 12.4. The molecule has 0 aliphatic heterocycles. The summed E-state index contributed by atoms with van der Waals surface area (Å²) in [4.78, 5) is 24.8. The van der Waals surface area contributed by atoms with Crippen LogP contribution in [0.5, 0.6) is 5.75 Å². The molecule has 2 aromatic carbocycles. The van der Waals surface area contributed by atoms with Gasteiger partial charge >= 0.3 is 12.1 Å². The number of carbonyl (C=O) groups excluding carboxylic acids is 1. The predicted molar refractivity (Wildman–Crippen MR) is 123 cm³/mol. The van der Waals surface area contributed by atoms with Crippen LogP contribution in [0.15, 0.2) is 49.9 Å². The zero-order chi connectivity index (χ0) is 25.9. The number of carbonyl (C=O) groups is 2. The fraction of sp³-hybridized carbons (Fsp3) is 0.227. The van der Waals surface area contributed by atoms with E-state index >= 15 is 0 Å². The van der Waals surface area contributed by atoms with Crippen molar-refractivity contribution >= 4 is 43.7 Å². The Kier molecular flexibility index (Phi) is 8.23. The second-order valence-electron chi connectivity index (χ2n) is 7.43. The summed E-state index contributed by atoms with van der Waals surface area (Å²) in [6.07, 6.45) is -4.77. The summed E-state index contributed by atoms with van der Waals surface area (Å²) in [7, 11) is 0. The lowest BCUT2D eigenvalue weighted by Crippen LogP contribution is -2.42. The van der Waals surface area contributed by atoms with Crippen LogP contribution in [0.25, 0.3) is 0 Å². The third-order valence-electron chi connectivity index (χ3n) is 4.98. The number of alkyl halides is 3. The molecule has 3 rings (SSSR count). The van der Waals surface area contributed by atoms with E-state index in [-0.39, 0.29) is 35.6 Å². The summed E-state index contributed by atoms with van der Waals surface area (Å²) >= 11 is 6.31. The number of phenols is 1. The van der Waals surface area contributed by atoms with Crippen LogP contribution in [0.4, 0.5) is 13.2 Å². The number of rotatable bonds is 8. The van der Waals surface area contributed by atoms with Crippen molar-refractivity contribution in [3.05, 3.63) is 79.1 Å². The van der Waals surface area contributed by atoms with Crippen molar-refractivity contribution in [3.8, 4) is 5.75 Å². The molecule has 0 saturated carbocycles. The Hall–Kier alpha value is -2.90. The van der Waals surface area contributed by atoms with Crippen molar-refractivity contribution in [1.82, 2.24) is 10.5 Å². The molecule has 13 heteroatoms. The molecule has 0 aliphatic rings. The third kappa shape index (κ3) is 6.41. The molecule has 0 saturated heterocycles. The van der Waals surface area contributed by atoms with E-state index < -0.39 is 36.3 Å². The molecule has 0 radical (unpaired) electrons. The number of carboxylic acids is 1. The molecule has 35 heavy (non-hydrogen) atoms. The van der Waals surface area contributed by atoms with E-state index in [0.717, 1.165) is 12.1 Å². The second-order valence-corrected chi connectivity index (χ2v) is 9.14. The van der Waals surface area contributed by atoms with Crippen molar-refractivity contribution in [2.24, 2.45) is 0 Å². The fourth-order valence-corrected chi connectivity index (χ4v) is 4.53. The molecule has 1 amide bonds. The summed E-state index contributed by atoms with van der Waals surface area (Å²) in [5.74, 6) is -2.35. The van der Waals surface area contributed by atoms with Gasteiger partial charge in [-0.2, -0.15) is 13.2 Å². The van der Waals surface area contributed by atoms with Crippen LogP contribution in [0, 0.1) is 0 Å². The molecule has 8 nitrogen and oxygen atoms in total. The summed E-state index contributed by atoms with van der Waals surface area (Å²) in [6.45, 7) is -0.686. The average Bonchev–Trinajstić information content (AvgIpc) is 3.19. The molecule has 0 spiro atoms. The Labute approximate surface area is 213 Å². The lowest BCUT2D eigenvalue weighted by molar-refractivity contribution is -0.139. The first kappa shape index (κ1) is 26.7. The quantitative estimate of drug-likeness (QED) is 0.292. The van der Waals surface area contributed by atoms with E-state index in [1.807, 2.05) is 0 Å². The smallest absolute Gasteiger partial charge is 0.416 e. The molecule has 1 aromatic heterocycles. The Bertz CT molecular complexity index is 1220. The first-order valence-electron chi connectivity index (χ1n) is 9.85. The average molecular weight is 622 g/mol. The maximum atomic E-state index is 13.0. The highest BCUT2D eigenvalue weighted by Crippen LogP contribution is 2.34. The highest BCUT2D eigenvalue weighted by Gasteiger charge is 2.31. The van der Waals surface area contributed by atoms with Gasteiger partial charge < -0.3 is 25.2 Å². The van der Waals surface area contributed by atoms with Gasteiger partial charge in [-0.3, -0.25) is 4.79 Å². The zero-order valence-corrected chi connectivity index (χ0v) is 20.7. The van der Waals surface area contributed by atoms with Gasteiger partial charge in [-0.25, -0.2) is 4.79 Å². The van der Waals surface area contributed by atoms with Crippen LogP contribution < -0.4 is 5.32 Å². The Balaban J connectivity index is 1.83. The number of hydrogen-bond donors (Lipinski definition) is 4. The first-order valence-corrected chi connectivity index (χ1v) is 11.4. The number of phenolic OH excluding ortho intramolecular Hbond substituents is 1. The van der Waals surface area contributed by atoms with Gasteiger partial charge in [0.15, 0.2) is 5.76 Å². The number of benzene rings is 2. The van der Waals surface area contributed by atoms with Gasteiger partial charge in [-0.1, -0.05) is 17.3 Å². The number of aliphatic hydroxyl groups is 1. The van der Waals surface area contributed by atoms with Gasteiger partial charge in [0.25, 0.3) is 5.91 Å². The fourth-order valence-electron chi connectivity index (χ4n) is 3.25. The summed E-state index contributed by atoms with van der Waals surface area (Å²) < 4.78 is 44.2. The van der Waals surface area contributed by atoms with Crippen LogP contribution >= 0.6 is 31.9 Å². The summed E-state index contributed by atoms with van der Waals surface area (Å²) in [5, 5.41) is 35.0. The number of aromatic hydroxyl groups is 1. The standard InChI is InChI=1S/C22H17Br2F3N2O6/c23-13-5-11(6-14(24)19(13)31)7-15(21(33)34)28-20(32)18-16(9-30)29-35-17(18)8-10-1-3-12(4-2-10)22(25,26)27/h1-6,15,30-31H,7-9H2,(H,28,32)(H,33,34)/t15-/m0/s1. The number of aliphatic hydroxyl groups excluding tert-OH is 1. The number of nitrogens with one attached hydrogen (secondary N) is 1. The van der Waals surface area contributed by atoms with Crippen LogP contribution in [-0.4, -0.2) is 38.4 Å². The number of hydrogen-bond acceptors (Lipinski definition) is 6. The van der Waals surface area contributed by atoms with Gasteiger partial charge in [0.2, 0.25) is 0 Å². The lowest BCUT2D eigenvalue weighted by atomic mass is 10.0. The monoisotopic (exact) mass is 620 g/mol. The van der Waals surface area contributed by atoms with Gasteiger partial charge in [0.1, 0.15) is 23.0 Å². The van der Waals surface area contributed by atoms with E-state index in [2.05, 4.69) is 42.3 Å². The summed E-state index contributed by atoms with van der Waals surface area (Å²) in [6, 6.07) is 5.79. The molecule has 0 bridgehead atoms. The molecule has 0 fully saturated rings. The molecule has 186 valence electrons. The minimum atomic E-state index is -4.51. The Morgan fingerprint density at radius 3 is 2.20 bits per heavy atom. The van der Waals surface area contributed by atoms with Crippen molar-refractivity contribution < 1.29 is 42.6 Å². The molecular formula is C22H17Br2F3N2O6. The van der Waals surface area contributed by atoms with Crippen LogP contribution in [-0.2, 0) is 30.4 Å². The van der Waals surface area contributed by atoms with Crippen LogP contribution in [0.3, 0.4) is 0 Å². The van der Waals surface area contributed by atoms with Gasteiger partial charge in [-0.05, 0) is 67.3 Å². The number of nitrogens with zero attached hydrogens (tertiary/aromatic N) is 1. The van der Waals surface area contributed by atoms with Crippen molar-refractivity contribution in [3.63, 3.8) is 0 Å². The van der Waals surface area contributed by atoms with Crippen molar-refractivity contribution in [1.29, 1.82) is 0 Å². The van der Waals surface area contributed by atoms with Crippen LogP contribution in [0.2, 0.25) is 0 Å². The van der Waals surface area contributed by atoms with E-state index in [1.165, 1.54) is 24.3 Å². The number of amides is 1. The number of aliphatic carboxylic acids is 1. The Morgan fingerprint density at radius 2 is 1.69 bits per heavy atom. The van der Waals surface area contributed by atoms with E-state index in [0.29, 0.717) is 20.1 Å². The van der Waals surface area contributed by atoms with Crippen molar-refractivity contribution in [2.45, 2.75) is 31.7 Å². The SMILES string of the molecule is O=C(N[C@@H](Cc1cc(Br)c(O)c(Br)c1)C(=O)O)c1c(CO)noc1Cc1ccc(C(F)(F)F)cc1. The topological polar surface area (TPSA) is 133 Å².